The maximum absolute atomic E-state index is 12.5. The highest BCUT2D eigenvalue weighted by Gasteiger charge is 2.39. The third-order valence-corrected chi connectivity index (χ3v) is 3.66. The van der Waals surface area contributed by atoms with Crippen molar-refractivity contribution in [3.05, 3.63) is 77.5 Å². The Hall–Kier alpha value is -2.40. The number of pyridine rings is 1. The molecule has 1 atom stereocenters. The highest BCUT2D eigenvalue weighted by Crippen LogP contribution is 2.32. The normalized spacial score (nSPS) is 13.2. The minimum atomic E-state index is -4.65. The molecule has 0 amide bonds. The van der Waals surface area contributed by atoms with Crippen molar-refractivity contribution in [3.63, 3.8) is 0 Å². The minimum Gasteiger partial charge on any atom is -0.379 e. The van der Waals surface area contributed by atoms with Gasteiger partial charge in [0.05, 0.1) is 5.52 Å². The van der Waals surface area contributed by atoms with E-state index in [4.69, 9.17) is 0 Å². The molecule has 1 aromatic heterocycles. The van der Waals surface area contributed by atoms with Crippen molar-refractivity contribution in [1.82, 2.24) is 4.98 Å². The molecule has 0 aliphatic heterocycles. The SMILES string of the molecule is O[C@H](c1ccc(Cc2cnc3ccccc3c2)cc1)C(F)(F)F. The Labute approximate surface area is 131 Å². The number of halogens is 3. The standard InChI is InChI=1S/C18H14F3NO/c19-18(20,21)17(23)14-7-5-12(6-8-14)9-13-10-15-3-1-2-4-16(15)22-11-13/h1-8,10-11,17,23H,9H2/t17-/m1/s1. The molecule has 3 aromatic rings. The lowest BCUT2D eigenvalue weighted by atomic mass is 10.0. The Bertz CT molecular complexity index is 812. The summed E-state index contributed by atoms with van der Waals surface area (Å²) in [6.07, 6.45) is -4.76. The van der Waals surface area contributed by atoms with Gasteiger partial charge in [-0.2, -0.15) is 13.2 Å². The highest BCUT2D eigenvalue weighted by molar-refractivity contribution is 5.78. The molecular formula is C18H14F3NO. The second-order valence-corrected chi connectivity index (χ2v) is 5.40. The van der Waals surface area contributed by atoms with Gasteiger partial charge in [-0.25, -0.2) is 0 Å². The van der Waals surface area contributed by atoms with Crippen LogP contribution in [0, 0.1) is 0 Å². The summed E-state index contributed by atoms with van der Waals surface area (Å²) >= 11 is 0. The first-order chi connectivity index (χ1) is 10.9. The summed E-state index contributed by atoms with van der Waals surface area (Å²) in [7, 11) is 0. The summed E-state index contributed by atoms with van der Waals surface area (Å²) in [4.78, 5) is 4.37. The van der Waals surface area contributed by atoms with Gasteiger partial charge >= 0.3 is 6.18 Å². The zero-order valence-corrected chi connectivity index (χ0v) is 12.1. The molecule has 0 fully saturated rings. The molecule has 0 aliphatic rings. The van der Waals surface area contributed by atoms with E-state index in [0.29, 0.717) is 6.42 Å². The van der Waals surface area contributed by atoms with E-state index in [1.54, 1.807) is 18.3 Å². The number of rotatable bonds is 3. The average Bonchev–Trinajstić information content (AvgIpc) is 2.54. The lowest BCUT2D eigenvalue weighted by Gasteiger charge is -2.15. The Morgan fingerprint density at radius 3 is 2.35 bits per heavy atom. The quantitative estimate of drug-likeness (QED) is 0.775. The highest BCUT2D eigenvalue weighted by atomic mass is 19.4. The molecule has 0 saturated carbocycles. The first-order valence-electron chi connectivity index (χ1n) is 7.11. The zero-order valence-electron chi connectivity index (χ0n) is 12.1. The van der Waals surface area contributed by atoms with Crippen LogP contribution in [-0.2, 0) is 6.42 Å². The van der Waals surface area contributed by atoms with Gasteiger partial charge in [-0.3, -0.25) is 4.98 Å². The fourth-order valence-corrected chi connectivity index (χ4v) is 2.46. The monoisotopic (exact) mass is 317 g/mol. The summed E-state index contributed by atoms with van der Waals surface area (Å²) < 4.78 is 37.4. The molecule has 0 aliphatic carbocycles. The number of alkyl halides is 3. The van der Waals surface area contributed by atoms with Gasteiger partial charge in [-0.05, 0) is 35.2 Å². The van der Waals surface area contributed by atoms with Crippen molar-refractivity contribution >= 4 is 10.9 Å². The van der Waals surface area contributed by atoms with E-state index in [9.17, 15) is 18.3 Å². The molecular weight excluding hydrogens is 303 g/mol. The predicted molar refractivity (Wildman–Crippen MR) is 82.0 cm³/mol. The maximum Gasteiger partial charge on any atom is 0.418 e. The fourth-order valence-electron chi connectivity index (χ4n) is 2.46. The minimum absolute atomic E-state index is 0.155. The first-order valence-corrected chi connectivity index (χ1v) is 7.11. The molecule has 1 N–H and O–H groups in total. The summed E-state index contributed by atoms with van der Waals surface area (Å²) in [5, 5.41) is 10.2. The van der Waals surface area contributed by atoms with E-state index < -0.39 is 12.3 Å². The maximum atomic E-state index is 12.5. The van der Waals surface area contributed by atoms with Crippen LogP contribution in [0.5, 0.6) is 0 Å². The van der Waals surface area contributed by atoms with Crippen LogP contribution in [0.3, 0.4) is 0 Å². The number of fused-ring (bicyclic) bond motifs is 1. The van der Waals surface area contributed by atoms with E-state index in [2.05, 4.69) is 4.98 Å². The number of hydrogen-bond acceptors (Lipinski definition) is 2. The van der Waals surface area contributed by atoms with E-state index >= 15 is 0 Å². The van der Waals surface area contributed by atoms with Crippen LogP contribution >= 0.6 is 0 Å². The number of para-hydroxylation sites is 1. The van der Waals surface area contributed by atoms with Crippen LogP contribution in [0.4, 0.5) is 13.2 Å². The van der Waals surface area contributed by atoms with Gasteiger partial charge in [0, 0.05) is 11.6 Å². The summed E-state index contributed by atoms with van der Waals surface area (Å²) in [6, 6.07) is 15.6. The van der Waals surface area contributed by atoms with Gasteiger partial charge in [-0.15, -0.1) is 0 Å². The summed E-state index contributed by atoms with van der Waals surface area (Å²) in [6.45, 7) is 0. The van der Waals surface area contributed by atoms with Crippen molar-refractivity contribution in [1.29, 1.82) is 0 Å². The Morgan fingerprint density at radius 1 is 0.957 bits per heavy atom. The third kappa shape index (κ3) is 3.51. The molecule has 118 valence electrons. The number of aliphatic hydroxyl groups is 1. The van der Waals surface area contributed by atoms with Gasteiger partial charge < -0.3 is 5.11 Å². The van der Waals surface area contributed by atoms with Crippen LogP contribution < -0.4 is 0 Å². The molecule has 3 rings (SSSR count). The first kappa shape index (κ1) is 15.5. The second-order valence-electron chi connectivity index (χ2n) is 5.40. The van der Waals surface area contributed by atoms with Gasteiger partial charge in [0.1, 0.15) is 0 Å². The van der Waals surface area contributed by atoms with Gasteiger partial charge in [0.25, 0.3) is 0 Å². The van der Waals surface area contributed by atoms with Gasteiger partial charge in [-0.1, -0.05) is 42.5 Å². The van der Waals surface area contributed by atoms with Crippen molar-refractivity contribution in [2.75, 3.05) is 0 Å². The van der Waals surface area contributed by atoms with E-state index in [-0.39, 0.29) is 5.56 Å². The molecule has 0 unspecified atom stereocenters. The number of nitrogens with zero attached hydrogens (tertiary/aromatic N) is 1. The molecule has 0 bridgehead atoms. The van der Waals surface area contributed by atoms with Crippen molar-refractivity contribution in [2.45, 2.75) is 18.7 Å². The molecule has 5 heteroatoms. The predicted octanol–water partition coefficient (Wildman–Crippen LogP) is 4.42. The average molecular weight is 317 g/mol. The summed E-state index contributed by atoms with van der Waals surface area (Å²) in [5.74, 6) is 0. The second kappa shape index (κ2) is 6.01. The molecule has 23 heavy (non-hydrogen) atoms. The van der Waals surface area contributed by atoms with Gasteiger partial charge in [0.15, 0.2) is 6.10 Å². The smallest absolute Gasteiger partial charge is 0.379 e. The molecule has 0 spiro atoms. The fraction of sp³-hybridized carbons (Fsp3) is 0.167. The molecule has 0 saturated heterocycles. The zero-order chi connectivity index (χ0) is 16.4. The van der Waals surface area contributed by atoms with E-state index in [0.717, 1.165) is 22.0 Å². The Morgan fingerprint density at radius 2 is 1.65 bits per heavy atom. The Kier molecular flexibility index (Phi) is 4.05. The van der Waals surface area contributed by atoms with Gasteiger partial charge in [0.2, 0.25) is 0 Å². The molecule has 2 aromatic carbocycles. The van der Waals surface area contributed by atoms with Crippen LogP contribution in [0.1, 0.15) is 22.8 Å². The molecule has 0 radical (unpaired) electrons. The number of hydrogen-bond donors (Lipinski definition) is 1. The Balaban J connectivity index is 1.79. The van der Waals surface area contributed by atoms with Crippen molar-refractivity contribution < 1.29 is 18.3 Å². The molecule has 1 heterocycles. The van der Waals surface area contributed by atoms with E-state index in [1.807, 2.05) is 30.3 Å². The number of aromatic nitrogens is 1. The third-order valence-electron chi connectivity index (χ3n) is 3.66. The van der Waals surface area contributed by atoms with Crippen LogP contribution in [-0.4, -0.2) is 16.3 Å². The van der Waals surface area contributed by atoms with Crippen LogP contribution in [0.15, 0.2) is 60.8 Å². The number of benzene rings is 2. The van der Waals surface area contributed by atoms with E-state index in [1.165, 1.54) is 12.1 Å². The molecule has 2 nitrogen and oxygen atoms in total. The van der Waals surface area contributed by atoms with Crippen molar-refractivity contribution in [3.8, 4) is 0 Å². The summed E-state index contributed by atoms with van der Waals surface area (Å²) in [5.41, 5.74) is 2.59. The number of aliphatic hydroxyl groups excluding tert-OH is 1. The van der Waals surface area contributed by atoms with Crippen LogP contribution in [0.25, 0.3) is 10.9 Å². The van der Waals surface area contributed by atoms with Crippen molar-refractivity contribution in [2.24, 2.45) is 0 Å². The lowest BCUT2D eigenvalue weighted by Crippen LogP contribution is -2.20. The largest absolute Gasteiger partial charge is 0.418 e. The van der Waals surface area contributed by atoms with Crippen LogP contribution in [0.2, 0.25) is 0 Å². The lowest BCUT2D eigenvalue weighted by molar-refractivity contribution is -0.206. The topological polar surface area (TPSA) is 33.1 Å².